The third kappa shape index (κ3) is 6.72. The quantitative estimate of drug-likeness (QED) is 0.320. The fourth-order valence-electron chi connectivity index (χ4n) is 7.89. The van der Waals surface area contributed by atoms with Crippen molar-refractivity contribution in [1.82, 2.24) is 10.2 Å². The SMILES string of the molecule is CC[C@@H](C)NC(=O)[C@@H](C)N(Cc1ccc(Br)cc1)C(=O)CN(c1ccc(C23CC4CC(CC(C4)C2)C3)cc1)S(C)(=O)=O. The minimum atomic E-state index is -3.77. The zero-order valence-electron chi connectivity index (χ0n) is 25.2. The van der Waals surface area contributed by atoms with E-state index in [-0.39, 0.29) is 30.5 Å². The van der Waals surface area contributed by atoms with E-state index < -0.39 is 22.0 Å². The highest BCUT2D eigenvalue weighted by molar-refractivity contribution is 9.10. The molecule has 6 rings (SSSR count). The summed E-state index contributed by atoms with van der Waals surface area (Å²) in [5, 5.41) is 2.96. The summed E-state index contributed by atoms with van der Waals surface area (Å²) in [6.45, 7) is 5.40. The molecule has 2 aromatic rings. The molecule has 0 unspecified atom stereocenters. The van der Waals surface area contributed by atoms with Crippen molar-refractivity contribution >= 4 is 43.5 Å². The van der Waals surface area contributed by atoms with E-state index in [1.807, 2.05) is 50.2 Å². The minimum absolute atomic E-state index is 0.0374. The van der Waals surface area contributed by atoms with Crippen molar-refractivity contribution in [3.05, 3.63) is 64.1 Å². The Morgan fingerprint density at radius 3 is 2.00 bits per heavy atom. The summed E-state index contributed by atoms with van der Waals surface area (Å²) in [5.74, 6) is 1.76. The van der Waals surface area contributed by atoms with E-state index >= 15 is 0 Å². The first-order valence-corrected chi connectivity index (χ1v) is 17.9. The Kier molecular flexibility index (Phi) is 9.10. The van der Waals surface area contributed by atoms with Crippen LogP contribution in [-0.4, -0.2) is 50.0 Å². The molecule has 228 valence electrons. The van der Waals surface area contributed by atoms with Gasteiger partial charge in [0.25, 0.3) is 0 Å². The van der Waals surface area contributed by atoms with Crippen LogP contribution in [0.3, 0.4) is 0 Å². The molecule has 4 fully saturated rings. The van der Waals surface area contributed by atoms with Gasteiger partial charge in [-0.1, -0.05) is 47.1 Å². The van der Waals surface area contributed by atoms with E-state index in [4.69, 9.17) is 0 Å². The Morgan fingerprint density at radius 1 is 0.952 bits per heavy atom. The van der Waals surface area contributed by atoms with Crippen LogP contribution in [0.25, 0.3) is 0 Å². The summed E-state index contributed by atoms with van der Waals surface area (Å²) in [5.41, 5.74) is 2.83. The van der Waals surface area contributed by atoms with Crippen LogP contribution in [0.5, 0.6) is 0 Å². The molecule has 4 aliphatic carbocycles. The molecule has 4 bridgehead atoms. The first-order valence-electron chi connectivity index (χ1n) is 15.3. The number of sulfonamides is 1. The van der Waals surface area contributed by atoms with Crippen LogP contribution >= 0.6 is 15.9 Å². The Bertz CT molecular complexity index is 1360. The van der Waals surface area contributed by atoms with E-state index in [0.29, 0.717) is 5.69 Å². The number of amides is 2. The monoisotopic (exact) mass is 657 g/mol. The van der Waals surface area contributed by atoms with Crippen LogP contribution in [0.1, 0.15) is 76.8 Å². The maximum absolute atomic E-state index is 13.9. The van der Waals surface area contributed by atoms with Gasteiger partial charge in [-0.05, 0) is 117 Å². The Balaban J connectivity index is 1.38. The fourth-order valence-corrected chi connectivity index (χ4v) is 9.01. The first-order chi connectivity index (χ1) is 19.9. The third-order valence-corrected chi connectivity index (χ3v) is 11.6. The Morgan fingerprint density at radius 2 is 1.50 bits per heavy atom. The molecule has 2 atom stereocenters. The van der Waals surface area contributed by atoms with Gasteiger partial charge in [-0.25, -0.2) is 8.42 Å². The molecule has 0 aromatic heterocycles. The lowest BCUT2D eigenvalue weighted by Crippen LogP contribution is -2.52. The molecule has 7 nitrogen and oxygen atoms in total. The predicted molar refractivity (Wildman–Crippen MR) is 171 cm³/mol. The van der Waals surface area contributed by atoms with E-state index in [1.54, 1.807) is 6.92 Å². The van der Waals surface area contributed by atoms with Crippen molar-refractivity contribution in [3.63, 3.8) is 0 Å². The molecular weight excluding hydrogens is 614 g/mol. The Hall–Kier alpha value is -2.39. The van der Waals surface area contributed by atoms with Gasteiger partial charge in [-0.15, -0.1) is 0 Å². The van der Waals surface area contributed by atoms with Crippen molar-refractivity contribution in [1.29, 1.82) is 0 Å². The highest BCUT2D eigenvalue weighted by atomic mass is 79.9. The molecule has 0 spiro atoms. The molecule has 0 heterocycles. The van der Waals surface area contributed by atoms with Crippen LogP contribution in [0, 0.1) is 17.8 Å². The van der Waals surface area contributed by atoms with E-state index in [2.05, 4.69) is 33.4 Å². The fraction of sp³-hybridized carbons (Fsp3) is 0.576. The van der Waals surface area contributed by atoms with Crippen LogP contribution in [0.4, 0.5) is 5.69 Å². The smallest absolute Gasteiger partial charge is 0.244 e. The maximum atomic E-state index is 13.9. The van der Waals surface area contributed by atoms with Gasteiger partial charge >= 0.3 is 0 Å². The lowest BCUT2D eigenvalue weighted by Gasteiger charge is -2.57. The zero-order valence-corrected chi connectivity index (χ0v) is 27.6. The molecule has 2 aromatic carbocycles. The van der Waals surface area contributed by atoms with Crippen LogP contribution < -0.4 is 9.62 Å². The van der Waals surface area contributed by atoms with E-state index in [9.17, 15) is 18.0 Å². The summed E-state index contributed by atoms with van der Waals surface area (Å²) in [6.07, 6.45) is 9.69. The number of carbonyl (C=O) groups is 2. The van der Waals surface area contributed by atoms with Gasteiger partial charge in [-0.3, -0.25) is 13.9 Å². The topological polar surface area (TPSA) is 86.8 Å². The zero-order chi connectivity index (χ0) is 30.2. The largest absolute Gasteiger partial charge is 0.352 e. The van der Waals surface area contributed by atoms with E-state index in [0.717, 1.165) is 40.5 Å². The number of hydrogen-bond donors (Lipinski definition) is 1. The average molecular weight is 659 g/mol. The number of halogens is 1. The summed E-state index contributed by atoms with van der Waals surface area (Å²) in [4.78, 5) is 28.5. The lowest BCUT2D eigenvalue weighted by molar-refractivity contribution is -0.139. The molecule has 4 saturated carbocycles. The number of nitrogens with zero attached hydrogens (tertiary/aromatic N) is 2. The Labute approximate surface area is 259 Å². The summed E-state index contributed by atoms with van der Waals surface area (Å²) in [7, 11) is -3.77. The summed E-state index contributed by atoms with van der Waals surface area (Å²) < 4.78 is 28.2. The number of nitrogens with one attached hydrogen (secondary N) is 1. The second-order valence-electron chi connectivity index (χ2n) is 13.2. The lowest BCUT2D eigenvalue weighted by atomic mass is 9.48. The standard InChI is InChI=1S/C33H44BrN3O4S/c1-5-22(2)35-32(39)23(3)36(20-24-6-10-29(34)11-7-24)31(38)21-37(42(4,40)41)30-12-8-28(9-13-30)33-17-25-14-26(18-33)16-27(15-25)19-33/h6-13,22-23,25-27H,5,14-21H2,1-4H3,(H,35,39)/t22-,23-,25?,26?,27?,33?/m1/s1. The number of anilines is 1. The molecular formula is C33H44BrN3O4S. The summed E-state index contributed by atoms with van der Waals surface area (Å²) in [6, 6.07) is 14.6. The summed E-state index contributed by atoms with van der Waals surface area (Å²) >= 11 is 3.44. The molecule has 0 radical (unpaired) electrons. The molecule has 0 aliphatic heterocycles. The van der Waals surface area contributed by atoms with Gasteiger partial charge < -0.3 is 10.2 Å². The van der Waals surface area contributed by atoms with Crippen molar-refractivity contribution in [2.45, 2.75) is 89.8 Å². The number of rotatable bonds is 11. The number of carbonyl (C=O) groups excluding carboxylic acids is 2. The molecule has 0 saturated heterocycles. The van der Waals surface area contributed by atoms with Crippen molar-refractivity contribution in [3.8, 4) is 0 Å². The number of hydrogen-bond acceptors (Lipinski definition) is 4. The van der Waals surface area contributed by atoms with Gasteiger partial charge in [0.1, 0.15) is 12.6 Å². The molecule has 9 heteroatoms. The van der Waals surface area contributed by atoms with Crippen molar-refractivity contribution < 1.29 is 18.0 Å². The van der Waals surface area contributed by atoms with Crippen LogP contribution in [-0.2, 0) is 31.6 Å². The van der Waals surface area contributed by atoms with Gasteiger partial charge in [0.2, 0.25) is 21.8 Å². The van der Waals surface area contributed by atoms with Crippen molar-refractivity contribution in [2.75, 3.05) is 17.1 Å². The highest BCUT2D eigenvalue weighted by Gasteiger charge is 2.51. The molecule has 4 aliphatic rings. The molecule has 1 N–H and O–H groups in total. The third-order valence-electron chi connectivity index (χ3n) is 9.92. The normalized spacial score (nSPS) is 26.0. The maximum Gasteiger partial charge on any atom is 0.244 e. The second kappa shape index (κ2) is 12.3. The van der Waals surface area contributed by atoms with Gasteiger partial charge in [0.05, 0.1) is 11.9 Å². The van der Waals surface area contributed by atoms with Crippen LogP contribution in [0.2, 0.25) is 0 Å². The first kappa shape index (κ1) is 31.0. The van der Waals surface area contributed by atoms with Gasteiger partial charge in [0.15, 0.2) is 0 Å². The van der Waals surface area contributed by atoms with Crippen molar-refractivity contribution in [2.24, 2.45) is 17.8 Å². The highest BCUT2D eigenvalue weighted by Crippen LogP contribution is 2.60. The second-order valence-corrected chi connectivity index (χ2v) is 16.0. The average Bonchev–Trinajstić information content (AvgIpc) is 2.93. The predicted octanol–water partition coefficient (Wildman–Crippen LogP) is 6.01. The van der Waals surface area contributed by atoms with Crippen LogP contribution in [0.15, 0.2) is 53.0 Å². The molecule has 42 heavy (non-hydrogen) atoms. The number of benzene rings is 2. The van der Waals surface area contributed by atoms with E-state index in [1.165, 1.54) is 53.3 Å². The van der Waals surface area contributed by atoms with Gasteiger partial charge in [-0.2, -0.15) is 0 Å². The molecule has 2 amide bonds. The van der Waals surface area contributed by atoms with Gasteiger partial charge in [0, 0.05) is 17.1 Å². The minimum Gasteiger partial charge on any atom is -0.352 e.